The van der Waals surface area contributed by atoms with Gasteiger partial charge in [-0.2, -0.15) is 0 Å². The van der Waals surface area contributed by atoms with Gasteiger partial charge < -0.3 is 25.5 Å². The van der Waals surface area contributed by atoms with Crippen molar-refractivity contribution in [3.05, 3.63) is 30.0 Å². The lowest BCUT2D eigenvalue weighted by molar-refractivity contribution is -0.142. The Kier molecular flexibility index (Phi) is 8.15. The molecule has 1 aromatic heterocycles. The monoisotopic (exact) mass is 513 g/mol. The van der Waals surface area contributed by atoms with Gasteiger partial charge in [-0.1, -0.05) is 32.1 Å². The minimum Gasteiger partial charge on any atom is -0.459 e. The summed E-state index contributed by atoms with van der Waals surface area (Å²) < 4.78 is 18.6. The van der Waals surface area contributed by atoms with Gasteiger partial charge in [0.1, 0.15) is 30.7 Å². The van der Waals surface area contributed by atoms with Crippen molar-refractivity contribution >= 4 is 28.5 Å². The molecule has 0 spiro atoms. The Balaban J connectivity index is 1.33. The molecule has 2 amide bonds. The number of hydrogen-bond acceptors (Lipinski definition) is 5. The average molecular weight is 514 g/mol. The molecule has 2 unspecified atom stereocenters. The van der Waals surface area contributed by atoms with E-state index in [1.54, 1.807) is 18.2 Å². The Morgan fingerprint density at radius 2 is 1.84 bits per heavy atom. The van der Waals surface area contributed by atoms with Crippen LogP contribution in [0.1, 0.15) is 70.0 Å². The standard InChI is InChI=1S/C29H40FN3O4/c30-16-25(31)19-6-8-20(9-7-19)29(36)33-13-12-24(18-4-2-1-3-5-18)27(33)28(35)32-22-10-11-26-21(14-22)15-23(17-34)37-26/h10-11,14-15,18-20,24-25,27,34H,1-9,12-13,16-17,31H2,(H,32,35)/t19-,20-,24?,25?,27-/m0/s1. The number of nitrogens with two attached hydrogens (primary N) is 1. The molecule has 8 heteroatoms. The molecule has 3 atom stereocenters. The number of carbonyl (C=O) groups excluding carboxylic acids is 2. The summed E-state index contributed by atoms with van der Waals surface area (Å²) in [4.78, 5) is 29.4. The van der Waals surface area contributed by atoms with Crippen LogP contribution in [0.15, 0.2) is 28.7 Å². The van der Waals surface area contributed by atoms with Gasteiger partial charge in [0.15, 0.2) is 0 Å². The van der Waals surface area contributed by atoms with Crippen LogP contribution in [0, 0.1) is 23.7 Å². The smallest absolute Gasteiger partial charge is 0.247 e. The predicted octanol–water partition coefficient (Wildman–Crippen LogP) is 4.76. The van der Waals surface area contributed by atoms with E-state index in [0.717, 1.165) is 37.5 Å². The molecule has 0 bridgehead atoms. The zero-order valence-corrected chi connectivity index (χ0v) is 21.5. The second-order valence-corrected chi connectivity index (χ2v) is 11.4. The largest absolute Gasteiger partial charge is 0.459 e. The number of hydrogen-bond donors (Lipinski definition) is 3. The number of amides is 2. The highest BCUT2D eigenvalue weighted by Crippen LogP contribution is 2.41. The number of anilines is 1. The van der Waals surface area contributed by atoms with Crippen LogP contribution in [0.5, 0.6) is 0 Å². The van der Waals surface area contributed by atoms with Crippen molar-refractivity contribution in [3.8, 4) is 0 Å². The molecule has 1 aliphatic heterocycles. The Bertz CT molecular complexity index is 1090. The van der Waals surface area contributed by atoms with Crippen LogP contribution >= 0.6 is 0 Å². The van der Waals surface area contributed by atoms with Crippen molar-refractivity contribution in [2.24, 2.45) is 29.4 Å². The highest BCUT2D eigenvalue weighted by Gasteiger charge is 2.46. The first kappa shape index (κ1) is 26.2. The summed E-state index contributed by atoms with van der Waals surface area (Å²) in [5, 5.41) is 13.3. The van der Waals surface area contributed by atoms with Crippen LogP contribution in [-0.4, -0.2) is 47.1 Å². The quantitative estimate of drug-likeness (QED) is 0.494. The van der Waals surface area contributed by atoms with E-state index >= 15 is 0 Å². The highest BCUT2D eigenvalue weighted by atomic mass is 19.1. The van der Waals surface area contributed by atoms with Gasteiger partial charge in [-0.25, -0.2) is 4.39 Å². The van der Waals surface area contributed by atoms with E-state index in [1.165, 1.54) is 19.3 Å². The van der Waals surface area contributed by atoms with Gasteiger partial charge >= 0.3 is 0 Å². The van der Waals surface area contributed by atoms with E-state index in [1.807, 2.05) is 11.0 Å². The lowest BCUT2D eigenvalue weighted by Crippen LogP contribution is -2.50. The van der Waals surface area contributed by atoms with E-state index < -0.39 is 18.8 Å². The first-order valence-corrected chi connectivity index (χ1v) is 14.0. The second kappa shape index (κ2) is 11.5. The number of alkyl halides is 1. The summed E-state index contributed by atoms with van der Waals surface area (Å²) in [6.07, 6.45) is 9.66. The number of nitrogens with one attached hydrogen (secondary N) is 1. The van der Waals surface area contributed by atoms with E-state index in [4.69, 9.17) is 10.2 Å². The van der Waals surface area contributed by atoms with Crippen LogP contribution in [0.4, 0.5) is 10.1 Å². The number of aliphatic hydroxyl groups excluding tert-OH is 1. The summed E-state index contributed by atoms with van der Waals surface area (Å²) >= 11 is 0. The molecular weight excluding hydrogens is 473 g/mol. The predicted molar refractivity (Wildman–Crippen MR) is 140 cm³/mol. The SMILES string of the molecule is NC(CF)[C@H]1CC[C@H](C(=O)N2CCC(C3CCCCC3)[C@H]2C(=O)Nc2ccc3oc(CO)cc3c2)CC1. The molecule has 2 heterocycles. The minimum absolute atomic E-state index is 0.0728. The number of benzene rings is 1. The molecule has 2 aliphatic carbocycles. The average Bonchev–Trinajstić information content (AvgIpc) is 3.57. The maximum absolute atomic E-state index is 13.8. The molecule has 7 nitrogen and oxygen atoms in total. The molecule has 2 aromatic rings. The van der Waals surface area contributed by atoms with Gasteiger partial charge in [-0.15, -0.1) is 0 Å². The van der Waals surface area contributed by atoms with Gasteiger partial charge in [-0.3, -0.25) is 9.59 Å². The summed E-state index contributed by atoms with van der Waals surface area (Å²) in [6.45, 7) is -0.0878. The Labute approximate surface area is 217 Å². The molecule has 2 saturated carbocycles. The minimum atomic E-state index is -0.521. The maximum Gasteiger partial charge on any atom is 0.247 e. The van der Waals surface area contributed by atoms with Crippen LogP contribution in [0.2, 0.25) is 0 Å². The van der Waals surface area contributed by atoms with Gasteiger partial charge in [0.05, 0.1) is 0 Å². The number of rotatable bonds is 7. The maximum atomic E-state index is 13.8. The van der Waals surface area contributed by atoms with Gasteiger partial charge in [-0.05, 0) is 74.1 Å². The molecule has 5 rings (SSSR count). The number of halogens is 1. The Morgan fingerprint density at radius 3 is 2.54 bits per heavy atom. The third kappa shape index (κ3) is 5.55. The molecule has 3 aliphatic rings. The number of fused-ring (bicyclic) bond motifs is 1. The lowest BCUT2D eigenvalue weighted by Gasteiger charge is -2.36. The van der Waals surface area contributed by atoms with Crippen molar-refractivity contribution in [2.45, 2.75) is 82.9 Å². The Hall–Kier alpha value is -2.45. The van der Waals surface area contributed by atoms with Crippen molar-refractivity contribution < 1.29 is 23.5 Å². The fraction of sp³-hybridized carbons (Fsp3) is 0.655. The van der Waals surface area contributed by atoms with Crippen LogP contribution in [0.25, 0.3) is 11.0 Å². The van der Waals surface area contributed by atoms with Crippen molar-refractivity contribution in [1.82, 2.24) is 4.90 Å². The fourth-order valence-electron chi connectivity index (χ4n) is 7.08. The molecule has 1 saturated heterocycles. The Morgan fingerprint density at radius 1 is 1.08 bits per heavy atom. The van der Waals surface area contributed by atoms with Crippen molar-refractivity contribution in [3.63, 3.8) is 0 Å². The van der Waals surface area contributed by atoms with E-state index in [2.05, 4.69) is 5.32 Å². The number of carbonyl (C=O) groups is 2. The summed E-state index contributed by atoms with van der Waals surface area (Å²) in [5.74, 6) is 1.06. The molecule has 4 N–H and O–H groups in total. The topological polar surface area (TPSA) is 109 Å². The number of nitrogens with zero attached hydrogens (tertiary/aromatic N) is 1. The fourth-order valence-corrected chi connectivity index (χ4v) is 7.08. The highest BCUT2D eigenvalue weighted by molar-refractivity contribution is 5.99. The first-order valence-electron chi connectivity index (χ1n) is 14.0. The number of aliphatic hydroxyl groups is 1. The molecule has 3 fully saturated rings. The summed E-state index contributed by atoms with van der Waals surface area (Å²) in [5.41, 5.74) is 7.24. The van der Waals surface area contributed by atoms with Gasteiger partial charge in [0, 0.05) is 29.6 Å². The number of furan rings is 1. The summed E-state index contributed by atoms with van der Waals surface area (Å²) in [6, 6.07) is 6.29. The zero-order valence-electron chi connectivity index (χ0n) is 21.5. The molecule has 202 valence electrons. The van der Waals surface area contributed by atoms with E-state index in [-0.39, 0.29) is 36.2 Å². The molecule has 1 aromatic carbocycles. The molecular formula is C29H40FN3O4. The van der Waals surface area contributed by atoms with Crippen LogP contribution in [0.3, 0.4) is 0 Å². The van der Waals surface area contributed by atoms with Crippen molar-refractivity contribution in [2.75, 3.05) is 18.5 Å². The third-order valence-corrected chi connectivity index (χ3v) is 9.15. The molecule has 0 radical (unpaired) electrons. The zero-order chi connectivity index (χ0) is 25.9. The number of likely N-dealkylation sites (tertiary alicyclic amines) is 1. The van der Waals surface area contributed by atoms with Gasteiger partial charge in [0.25, 0.3) is 0 Å². The normalized spacial score (nSPS) is 27.9. The second-order valence-electron chi connectivity index (χ2n) is 11.4. The third-order valence-electron chi connectivity index (χ3n) is 9.15. The first-order chi connectivity index (χ1) is 18.0. The lowest BCUT2D eigenvalue weighted by atomic mass is 9.76. The van der Waals surface area contributed by atoms with Crippen LogP contribution < -0.4 is 11.1 Å². The molecule has 37 heavy (non-hydrogen) atoms. The van der Waals surface area contributed by atoms with Gasteiger partial charge in [0.2, 0.25) is 11.8 Å². The van der Waals surface area contributed by atoms with E-state index in [0.29, 0.717) is 42.3 Å². The van der Waals surface area contributed by atoms with E-state index in [9.17, 15) is 19.1 Å². The van der Waals surface area contributed by atoms with Crippen molar-refractivity contribution in [1.29, 1.82) is 0 Å². The van der Waals surface area contributed by atoms with Crippen LogP contribution in [-0.2, 0) is 16.2 Å². The summed E-state index contributed by atoms with van der Waals surface area (Å²) in [7, 11) is 0.